The molecule has 0 atom stereocenters. The van der Waals surface area contributed by atoms with E-state index >= 15 is 0 Å². The molecule has 0 saturated carbocycles. The van der Waals surface area contributed by atoms with Gasteiger partial charge in [0.2, 0.25) is 0 Å². The number of alkyl halides is 3. The number of nitrogens with zero attached hydrogens (tertiary/aromatic N) is 3. The monoisotopic (exact) mass is 532 g/mol. The van der Waals surface area contributed by atoms with Crippen LogP contribution in [0.2, 0.25) is 0 Å². The van der Waals surface area contributed by atoms with E-state index in [2.05, 4.69) is 20.6 Å². The van der Waals surface area contributed by atoms with E-state index < -0.39 is 23.6 Å². The van der Waals surface area contributed by atoms with Gasteiger partial charge in [0.25, 0.3) is 5.91 Å². The summed E-state index contributed by atoms with van der Waals surface area (Å²) in [6, 6.07) is 8.07. The van der Waals surface area contributed by atoms with Crippen molar-refractivity contribution in [2.45, 2.75) is 20.0 Å². The van der Waals surface area contributed by atoms with Crippen LogP contribution in [0.4, 0.5) is 29.7 Å². The maximum Gasteiger partial charge on any atom is 0.416 e. The first-order valence-corrected chi connectivity index (χ1v) is 11.5. The van der Waals surface area contributed by atoms with Crippen LogP contribution in [0.15, 0.2) is 55.1 Å². The number of thiazole rings is 1. The van der Waals surface area contributed by atoms with Gasteiger partial charge in [-0.3, -0.25) is 4.79 Å². The van der Waals surface area contributed by atoms with Crippen LogP contribution in [0.5, 0.6) is 0 Å². The summed E-state index contributed by atoms with van der Waals surface area (Å²) < 4.78 is 41.3. The summed E-state index contributed by atoms with van der Waals surface area (Å²) in [5, 5.41) is 14.3. The molecule has 4 aromatic rings. The Morgan fingerprint density at radius 1 is 1.11 bits per heavy atom. The molecule has 0 saturated heterocycles. The summed E-state index contributed by atoms with van der Waals surface area (Å²) in [5.74, 6) is -1.48. The number of anilines is 3. The van der Waals surface area contributed by atoms with Gasteiger partial charge in [0.15, 0.2) is 5.13 Å². The number of nitrogens with one attached hydrogen (secondary N) is 2. The molecule has 0 bridgehead atoms. The number of carboxylic acid groups (broad SMARTS) is 1. The second-order valence-electron chi connectivity index (χ2n) is 7.80. The minimum Gasteiger partial charge on any atom is -0.477 e. The van der Waals surface area contributed by atoms with Crippen molar-refractivity contribution in [1.29, 1.82) is 0 Å². The number of halogens is 3. The molecule has 0 spiro atoms. The third-order valence-corrected chi connectivity index (χ3v) is 5.99. The van der Waals surface area contributed by atoms with Gasteiger partial charge in [-0.25, -0.2) is 14.8 Å². The molecule has 4 rings (SSSR count). The van der Waals surface area contributed by atoms with Crippen LogP contribution in [0, 0.1) is 13.8 Å². The van der Waals surface area contributed by atoms with Gasteiger partial charge >= 0.3 is 12.1 Å². The smallest absolute Gasteiger partial charge is 0.416 e. The van der Waals surface area contributed by atoms with Crippen molar-refractivity contribution in [3.63, 3.8) is 0 Å². The summed E-state index contributed by atoms with van der Waals surface area (Å²) in [6.07, 6.45) is -0.211. The number of aromatic carboxylic acids is 1. The van der Waals surface area contributed by atoms with E-state index in [-0.39, 0.29) is 21.8 Å². The van der Waals surface area contributed by atoms with Crippen LogP contribution in [-0.2, 0) is 6.18 Å². The molecule has 194 valence electrons. The van der Waals surface area contributed by atoms with Crippen molar-refractivity contribution in [1.82, 2.24) is 14.5 Å². The van der Waals surface area contributed by atoms with Crippen LogP contribution >= 0.6 is 11.3 Å². The first-order chi connectivity index (χ1) is 17.4. The molecule has 2 heterocycles. The van der Waals surface area contributed by atoms with Crippen molar-refractivity contribution in [3.8, 4) is 5.69 Å². The lowest BCUT2D eigenvalue weighted by Gasteiger charge is -2.14. The van der Waals surface area contributed by atoms with Crippen molar-refractivity contribution in [3.05, 3.63) is 82.4 Å². The van der Waals surface area contributed by atoms with Crippen LogP contribution in [0.3, 0.4) is 0 Å². The predicted molar refractivity (Wildman–Crippen MR) is 135 cm³/mol. The number of nitrogen functional groups attached to an aromatic ring is 1. The van der Waals surface area contributed by atoms with Crippen LogP contribution in [0.25, 0.3) is 5.69 Å². The summed E-state index contributed by atoms with van der Waals surface area (Å²) in [4.78, 5) is 30.8. The number of hydrogen-bond donors (Lipinski definition) is 4. The highest BCUT2D eigenvalue weighted by molar-refractivity contribution is 7.17. The van der Waals surface area contributed by atoms with Crippen molar-refractivity contribution in [2.75, 3.05) is 23.4 Å². The number of benzene rings is 2. The maximum absolute atomic E-state index is 13.3. The number of aryl methyl sites for hydroxylation is 2. The van der Waals surface area contributed by atoms with E-state index in [1.54, 1.807) is 39.2 Å². The third-order valence-electron chi connectivity index (χ3n) is 4.98. The minimum atomic E-state index is -4.56. The lowest BCUT2D eigenvalue weighted by Crippen LogP contribution is -2.14. The van der Waals surface area contributed by atoms with Gasteiger partial charge in [-0.05, 0) is 49.7 Å². The Labute approximate surface area is 213 Å². The van der Waals surface area contributed by atoms with Crippen LogP contribution in [0.1, 0.15) is 36.9 Å². The molecule has 9 nitrogen and oxygen atoms in total. The zero-order chi connectivity index (χ0) is 27.3. The van der Waals surface area contributed by atoms with E-state index in [0.29, 0.717) is 16.5 Å². The molecule has 1 amide bonds. The van der Waals surface area contributed by atoms with Gasteiger partial charge in [-0.15, -0.1) is 0 Å². The van der Waals surface area contributed by atoms with E-state index in [9.17, 15) is 22.8 Å². The van der Waals surface area contributed by atoms with Gasteiger partial charge in [-0.1, -0.05) is 17.4 Å². The number of imidazole rings is 1. The maximum atomic E-state index is 13.3. The Hall–Kier alpha value is -4.39. The number of amides is 1. The molecule has 13 heteroatoms. The van der Waals surface area contributed by atoms with Gasteiger partial charge in [0.05, 0.1) is 23.8 Å². The normalized spacial score (nSPS) is 10.9. The van der Waals surface area contributed by atoms with Gasteiger partial charge < -0.3 is 26.0 Å². The number of carboxylic acids is 1. The molecular weight excluding hydrogens is 509 g/mol. The largest absolute Gasteiger partial charge is 0.477 e. The molecule has 0 unspecified atom stereocenters. The third kappa shape index (κ3) is 7.07. The minimum absolute atomic E-state index is 0.0234. The van der Waals surface area contributed by atoms with Crippen molar-refractivity contribution in [2.24, 2.45) is 0 Å². The van der Waals surface area contributed by atoms with Crippen LogP contribution in [-0.4, -0.2) is 38.6 Å². The number of nitrogens with two attached hydrogens (primary N) is 1. The van der Waals surface area contributed by atoms with Gasteiger partial charge in [0.1, 0.15) is 4.88 Å². The van der Waals surface area contributed by atoms with Gasteiger partial charge in [-0.2, -0.15) is 13.2 Å². The fourth-order valence-electron chi connectivity index (χ4n) is 3.03. The molecule has 0 aliphatic heterocycles. The second kappa shape index (κ2) is 11.1. The highest BCUT2D eigenvalue weighted by atomic mass is 32.1. The zero-order valence-electron chi connectivity index (χ0n) is 19.9. The molecule has 2 aromatic heterocycles. The highest BCUT2D eigenvalue weighted by Crippen LogP contribution is 2.33. The first kappa shape index (κ1) is 27.2. The lowest BCUT2D eigenvalue weighted by atomic mass is 10.1. The molecule has 0 aliphatic rings. The highest BCUT2D eigenvalue weighted by Gasteiger charge is 2.31. The van der Waals surface area contributed by atoms with Crippen LogP contribution < -0.4 is 16.4 Å². The fourth-order valence-corrected chi connectivity index (χ4v) is 3.64. The van der Waals surface area contributed by atoms with E-state index in [1.165, 1.54) is 29.2 Å². The summed E-state index contributed by atoms with van der Waals surface area (Å²) in [6.45, 7) is 3.53. The Morgan fingerprint density at radius 2 is 1.84 bits per heavy atom. The Kier molecular flexibility index (Phi) is 8.17. The zero-order valence-corrected chi connectivity index (χ0v) is 20.7. The molecular formula is C24H23F3N6O3S. The number of carbonyl (C=O) groups is 2. The lowest BCUT2D eigenvalue weighted by molar-refractivity contribution is -0.137. The SMILES string of the molecule is CNc1ncc(C(=O)O)s1.Cc1cn(-c2cc(NC(=O)c3ccc(C)c(N)c3)cc(C(F)(F)F)c2)cn1. The Bertz CT molecular complexity index is 1430. The molecule has 0 aliphatic carbocycles. The van der Waals surface area contributed by atoms with E-state index in [1.807, 2.05) is 0 Å². The standard InChI is InChI=1S/C19H17F3N4O.C5H6N2O2S/c1-11-3-4-13(5-17(11)23)18(27)25-15-6-14(19(20,21)22)7-16(8-15)26-9-12(2)24-10-26;1-6-5-7-2-3(10-5)4(8)9/h3-10H,23H2,1-2H3,(H,25,27);2H,1H3,(H,6,7)(H,8,9). The van der Waals surface area contributed by atoms with E-state index in [0.717, 1.165) is 29.0 Å². The Balaban J connectivity index is 0.000000319. The molecule has 37 heavy (non-hydrogen) atoms. The quantitative estimate of drug-likeness (QED) is 0.259. The van der Waals surface area contributed by atoms with E-state index in [4.69, 9.17) is 10.8 Å². The first-order valence-electron chi connectivity index (χ1n) is 10.6. The number of carbonyl (C=O) groups excluding carboxylic acids is 1. The summed E-state index contributed by atoms with van der Waals surface area (Å²) in [7, 11) is 1.70. The molecule has 2 aromatic carbocycles. The average molecular weight is 533 g/mol. The predicted octanol–water partition coefficient (Wildman–Crippen LogP) is 5.23. The van der Waals surface area contributed by atoms with Crippen molar-refractivity contribution < 1.29 is 27.9 Å². The molecule has 0 fully saturated rings. The summed E-state index contributed by atoms with van der Waals surface area (Å²) >= 11 is 1.12. The van der Waals surface area contributed by atoms with Gasteiger partial charge in [0, 0.05) is 35.9 Å². The second-order valence-corrected chi connectivity index (χ2v) is 8.83. The average Bonchev–Trinajstić information content (AvgIpc) is 3.50. The van der Waals surface area contributed by atoms with Crippen molar-refractivity contribution >= 4 is 39.7 Å². The Morgan fingerprint density at radius 3 is 2.35 bits per heavy atom. The summed E-state index contributed by atoms with van der Waals surface area (Å²) in [5.41, 5.74) is 7.35. The fraction of sp³-hybridized carbons (Fsp3) is 0.167. The molecule has 0 radical (unpaired) electrons. The number of aromatic nitrogens is 3. The number of hydrogen-bond acceptors (Lipinski definition) is 7. The topological polar surface area (TPSA) is 135 Å². The molecule has 5 N–H and O–H groups in total. The number of rotatable bonds is 5.